The maximum atomic E-state index is 11.8. The van der Waals surface area contributed by atoms with Gasteiger partial charge >= 0.3 is 0 Å². The zero-order valence-corrected chi connectivity index (χ0v) is 13.7. The Hall–Kier alpha value is -2.27. The number of anilines is 1. The highest BCUT2D eigenvalue weighted by atomic mass is 16.5. The van der Waals surface area contributed by atoms with Crippen molar-refractivity contribution >= 4 is 5.69 Å². The Bertz CT molecular complexity index is 718. The van der Waals surface area contributed by atoms with Crippen LogP contribution in [0, 0.1) is 6.92 Å². The topological polar surface area (TPSA) is 48.6 Å². The number of H-pyrrole nitrogens is 1. The standard InChI is InChI=1S/C18H23N3O2/c1-14-5-3-4-6-16(14)21-9-7-20(8-10-21)13-15-11-17(22)18(23-2)12-19-15/h3-6,11-12H,7-10,13H2,1-2H3,(H,19,22). The summed E-state index contributed by atoms with van der Waals surface area (Å²) in [5.41, 5.74) is 3.50. The van der Waals surface area contributed by atoms with Crippen LogP contribution in [0.5, 0.6) is 5.75 Å². The first-order valence-corrected chi connectivity index (χ1v) is 7.96. The van der Waals surface area contributed by atoms with E-state index in [2.05, 4.69) is 46.0 Å². The second-order valence-electron chi connectivity index (χ2n) is 5.94. The molecule has 2 aromatic rings. The minimum atomic E-state index is -0.0696. The lowest BCUT2D eigenvalue weighted by Gasteiger charge is -2.36. The molecule has 5 heteroatoms. The van der Waals surface area contributed by atoms with E-state index in [1.807, 2.05) is 0 Å². The fourth-order valence-electron chi connectivity index (χ4n) is 3.06. The second-order valence-corrected chi connectivity index (χ2v) is 5.94. The predicted molar refractivity (Wildman–Crippen MR) is 92.3 cm³/mol. The molecular weight excluding hydrogens is 290 g/mol. The zero-order chi connectivity index (χ0) is 16.2. The molecule has 0 unspecified atom stereocenters. The Morgan fingerprint density at radius 2 is 1.91 bits per heavy atom. The van der Waals surface area contributed by atoms with Crippen molar-refractivity contribution in [2.75, 3.05) is 38.2 Å². The summed E-state index contributed by atoms with van der Waals surface area (Å²) in [6.45, 7) is 6.91. The average Bonchev–Trinajstić information content (AvgIpc) is 2.56. The molecule has 0 radical (unpaired) electrons. The van der Waals surface area contributed by atoms with Gasteiger partial charge in [0.15, 0.2) is 5.75 Å². The first-order valence-electron chi connectivity index (χ1n) is 7.96. The van der Waals surface area contributed by atoms with Gasteiger partial charge in [0, 0.05) is 56.4 Å². The number of nitrogens with zero attached hydrogens (tertiary/aromatic N) is 2. The lowest BCUT2D eigenvalue weighted by molar-refractivity contribution is 0.247. The van der Waals surface area contributed by atoms with Gasteiger partial charge in [0.05, 0.1) is 7.11 Å². The predicted octanol–water partition coefficient (Wildman–Crippen LogP) is 2.01. The number of nitrogens with one attached hydrogen (secondary N) is 1. The number of methoxy groups -OCH3 is 1. The van der Waals surface area contributed by atoms with Gasteiger partial charge in [-0.15, -0.1) is 0 Å². The molecule has 1 fully saturated rings. The van der Waals surface area contributed by atoms with Crippen LogP contribution < -0.4 is 15.1 Å². The van der Waals surface area contributed by atoms with Crippen LogP contribution in [0.25, 0.3) is 0 Å². The normalized spacial score (nSPS) is 15.7. The van der Waals surface area contributed by atoms with E-state index in [1.165, 1.54) is 18.4 Å². The summed E-state index contributed by atoms with van der Waals surface area (Å²) in [7, 11) is 1.51. The third kappa shape index (κ3) is 3.56. The molecule has 0 atom stereocenters. The van der Waals surface area contributed by atoms with Crippen LogP contribution in [0.15, 0.2) is 41.3 Å². The molecule has 0 aliphatic carbocycles. The SMILES string of the molecule is COc1c[nH]c(CN2CCN(c3ccccc3C)CC2)cc1=O. The van der Waals surface area contributed by atoms with Gasteiger partial charge in [-0.2, -0.15) is 0 Å². The number of piperazine rings is 1. The van der Waals surface area contributed by atoms with E-state index < -0.39 is 0 Å². The fraction of sp³-hybridized carbons (Fsp3) is 0.389. The molecule has 1 aromatic carbocycles. The Morgan fingerprint density at radius 3 is 2.57 bits per heavy atom. The van der Waals surface area contributed by atoms with Crippen molar-refractivity contribution in [1.82, 2.24) is 9.88 Å². The molecule has 3 rings (SSSR count). The minimum Gasteiger partial charge on any atom is -0.491 e. The van der Waals surface area contributed by atoms with E-state index in [4.69, 9.17) is 4.74 Å². The van der Waals surface area contributed by atoms with Crippen LogP contribution >= 0.6 is 0 Å². The summed E-state index contributed by atoms with van der Waals surface area (Å²) in [5.74, 6) is 0.359. The van der Waals surface area contributed by atoms with Gasteiger partial charge in [0.1, 0.15) is 0 Å². The molecular formula is C18H23N3O2. The van der Waals surface area contributed by atoms with Crippen molar-refractivity contribution in [1.29, 1.82) is 0 Å². The Labute approximate surface area is 136 Å². The van der Waals surface area contributed by atoms with Gasteiger partial charge in [-0.3, -0.25) is 9.69 Å². The summed E-state index contributed by atoms with van der Waals surface area (Å²) in [6.07, 6.45) is 1.64. The molecule has 1 aliphatic rings. The van der Waals surface area contributed by atoms with Crippen molar-refractivity contribution < 1.29 is 4.74 Å². The highest BCUT2D eigenvalue weighted by Gasteiger charge is 2.18. The number of aromatic amines is 1. The molecule has 1 N–H and O–H groups in total. The molecule has 1 aliphatic heterocycles. The molecule has 5 nitrogen and oxygen atoms in total. The van der Waals surface area contributed by atoms with Gasteiger partial charge in [0.25, 0.3) is 0 Å². The molecule has 0 bridgehead atoms. The number of para-hydroxylation sites is 1. The van der Waals surface area contributed by atoms with Crippen LogP contribution in [0.2, 0.25) is 0 Å². The van der Waals surface area contributed by atoms with Crippen molar-refractivity contribution in [3.8, 4) is 5.75 Å². The van der Waals surface area contributed by atoms with Crippen LogP contribution in [-0.2, 0) is 6.54 Å². The largest absolute Gasteiger partial charge is 0.491 e. The highest BCUT2D eigenvalue weighted by molar-refractivity contribution is 5.53. The van der Waals surface area contributed by atoms with Gasteiger partial charge in [0.2, 0.25) is 5.43 Å². The molecule has 1 saturated heterocycles. The van der Waals surface area contributed by atoms with E-state index in [0.717, 1.165) is 38.4 Å². The van der Waals surface area contributed by atoms with Gasteiger partial charge in [-0.25, -0.2) is 0 Å². The van der Waals surface area contributed by atoms with Crippen LogP contribution in [0.1, 0.15) is 11.3 Å². The summed E-state index contributed by atoms with van der Waals surface area (Å²) < 4.78 is 5.00. The second kappa shape index (κ2) is 6.87. The van der Waals surface area contributed by atoms with Crippen molar-refractivity contribution in [2.24, 2.45) is 0 Å². The monoisotopic (exact) mass is 313 g/mol. The Balaban J connectivity index is 1.60. The summed E-state index contributed by atoms with van der Waals surface area (Å²) in [6, 6.07) is 10.1. The van der Waals surface area contributed by atoms with Crippen molar-refractivity contribution in [3.05, 3.63) is 58.0 Å². The molecule has 23 heavy (non-hydrogen) atoms. The van der Waals surface area contributed by atoms with E-state index >= 15 is 0 Å². The average molecular weight is 313 g/mol. The Kier molecular flexibility index (Phi) is 4.67. The third-order valence-corrected chi connectivity index (χ3v) is 4.38. The number of ether oxygens (including phenoxy) is 1. The number of benzene rings is 1. The number of hydrogen-bond donors (Lipinski definition) is 1. The molecule has 0 saturated carbocycles. The van der Waals surface area contributed by atoms with Crippen molar-refractivity contribution in [3.63, 3.8) is 0 Å². The van der Waals surface area contributed by atoms with Crippen LogP contribution in [0.4, 0.5) is 5.69 Å². The maximum absolute atomic E-state index is 11.8. The third-order valence-electron chi connectivity index (χ3n) is 4.38. The number of pyridine rings is 1. The van der Waals surface area contributed by atoms with Gasteiger partial charge < -0.3 is 14.6 Å². The summed E-state index contributed by atoms with van der Waals surface area (Å²) >= 11 is 0. The zero-order valence-electron chi connectivity index (χ0n) is 13.7. The number of aromatic nitrogens is 1. The molecule has 1 aromatic heterocycles. The van der Waals surface area contributed by atoms with E-state index in [1.54, 1.807) is 12.3 Å². The van der Waals surface area contributed by atoms with Crippen LogP contribution in [-0.4, -0.2) is 43.2 Å². The minimum absolute atomic E-state index is 0.0696. The maximum Gasteiger partial charge on any atom is 0.223 e. The highest BCUT2D eigenvalue weighted by Crippen LogP contribution is 2.21. The van der Waals surface area contributed by atoms with E-state index in [0.29, 0.717) is 5.75 Å². The van der Waals surface area contributed by atoms with Crippen LogP contribution in [0.3, 0.4) is 0 Å². The molecule has 122 valence electrons. The summed E-state index contributed by atoms with van der Waals surface area (Å²) in [5, 5.41) is 0. The van der Waals surface area contributed by atoms with E-state index in [9.17, 15) is 4.79 Å². The quantitative estimate of drug-likeness (QED) is 0.938. The fourth-order valence-corrected chi connectivity index (χ4v) is 3.06. The first-order chi connectivity index (χ1) is 11.2. The summed E-state index contributed by atoms with van der Waals surface area (Å²) in [4.78, 5) is 19.8. The number of aryl methyl sites for hydroxylation is 1. The van der Waals surface area contributed by atoms with Gasteiger partial charge in [-0.05, 0) is 18.6 Å². The molecule has 0 spiro atoms. The number of hydrogen-bond acceptors (Lipinski definition) is 4. The first kappa shape index (κ1) is 15.6. The lowest BCUT2D eigenvalue weighted by atomic mass is 10.1. The van der Waals surface area contributed by atoms with Gasteiger partial charge in [-0.1, -0.05) is 18.2 Å². The lowest BCUT2D eigenvalue weighted by Crippen LogP contribution is -2.46. The molecule has 0 amide bonds. The smallest absolute Gasteiger partial charge is 0.223 e. The van der Waals surface area contributed by atoms with E-state index in [-0.39, 0.29) is 5.43 Å². The Morgan fingerprint density at radius 1 is 1.17 bits per heavy atom. The number of rotatable bonds is 4. The van der Waals surface area contributed by atoms with Crippen molar-refractivity contribution in [2.45, 2.75) is 13.5 Å². The molecule has 2 heterocycles.